The second kappa shape index (κ2) is 5.52. The highest BCUT2D eigenvalue weighted by molar-refractivity contribution is 7.14. The summed E-state index contributed by atoms with van der Waals surface area (Å²) in [6.07, 6.45) is 0.977. The van der Waals surface area contributed by atoms with Crippen molar-refractivity contribution in [1.29, 1.82) is 5.26 Å². The molecule has 0 aliphatic heterocycles. The standard InChI is InChI=1S/C11H15N3OS/c1-4-7(2)9-6-16-10(8(9)5-12)14-11(15)13-3/h6-7H,4H2,1-3H3,(H2,13,14,15). The Kier molecular flexibility index (Phi) is 4.32. The molecule has 0 fully saturated rings. The summed E-state index contributed by atoms with van der Waals surface area (Å²) in [6, 6.07) is 1.86. The first-order valence-corrected chi connectivity index (χ1v) is 6.02. The summed E-state index contributed by atoms with van der Waals surface area (Å²) in [5, 5.41) is 16.8. The van der Waals surface area contributed by atoms with E-state index in [1.54, 1.807) is 7.05 Å². The summed E-state index contributed by atoms with van der Waals surface area (Å²) in [6.45, 7) is 4.15. The number of nitrogens with zero attached hydrogens (tertiary/aromatic N) is 1. The lowest BCUT2D eigenvalue weighted by Crippen LogP contribution is -2.24. The maximum Gasteiger partial charge on any atom is 0.319 e. The van der Waals surface area contributed by atoms with Gasteiger partial charge in [0.1, 0.15) is 11.1 Å². The molecule has 1 aromatic rings. The van der Waals surface area contributed by atoms with E-state index in [4.69, 9.17) is 5.26 Å². The van der Waals surface area contributed by atoms with Crippen LogP contribution in [0.1, 0.15) is 37.3 Å². The van der Waals surface area contributed by atoms with Crippen molar-refractivity contribution in [3.63, 3.8) is 0 Å². The number of amides is 2. The Morgan fingerprint density at radius 2 is 2.38 bits per heavy atom. The van der Waals surface area contributed by atoms with Crippen molar-refractivity contribution in [2.75, 3.05) is 12.4 Å². The molecule has 1 atom stereocenters. The Balaban J connectivity index is 3.00. The molecule has 5 heteroatoms. The highest BCUT2D eigenvalue weighted by Gasteiger charge is 2.16. The third kappa shape index (κ3) is 2.52. The van der Waals surface area contributed by atoms with Crippen molar-refractivity contribution in [2.45, 2.75) is 26.2 Å². The fraction of sp³-hybridized carbons (Fsp3) is 0.455. The molecule has 1 rings (SSSR count). The Bertz CT molecular complexity index is 419. The first-order valence-electron chi connectivity index (χ1n) is 5.14. The van der Waals surface area contributed by atoms with Crippen LogP contribution in [0.2, 0.25) is 0 Å². The second-order valence-corrected chi connectivity index (χ2v) is 4.40. The van der Waals surface area contributed by atoms with E-state index < -0.39 is 0 Å². The molecular weight excluding hydrogens is 222 g/mol. The molecule has 1 aromatic heterocycles. The summed E-state index contributed by atoms with van der Waals surface area (Å²) >= 11 is 1.39. The van der Waals surface area contributed by atoms with E-state index in [2.05, 4.69) is 30.6 Å². The van der Waals surface area contributed by atoms with E-state index in [-0.39, 0.29) is 6.03 Å². The first kappa shape index (κ1) is 12.5. The number of anilines is 1. The molecule has 0 saturated carbocycles. The summed E-state index contributed by atoms with van der Waals surface area (Å²) in [5.74, 6) is 0.339. The van der Waals surface area contributed by atoms with Crippen LogP contribution in [0.3, 0.4) is 0 Å². The molecule has 0 aliphatic rings. The number of rotatable bonds is 3. The predicted octanol–water partition coefficient (Wildman–Crippen LogP) is 2.88. The quantitative estimate of drug-likeness (QED) is 0.849. The van der Waals surface area contributed by atoms with Crippen LogP contribution in [-0.2, 0) is 0 Å². The van der Waals surface area contributed by atoms with Gasteiger partial charge in [-0.15, -0.1) is 11.3 Å². The van der Waals surface area contributed by atoms with Crippen molar-refractivity contribution in [1.82, 2.24) is 5.32 Å². The zero-order chi connectivity index (χ0) is 12.1. The van der Waals surface area contributed by atoms with Gasteiger partial charge in [-0.1, -0.05) is 13.8 Å². The number of hydrogen-bond acceptors (Lipinski definition) is 3. The first-order chi connectivity index (χ1) is 7.63. The van der Waals surface area contributed by atoms with Gasteiger partial charge >= 0.3 is 6.03 Å². The van der Waals surface area contributed by atoms with Gasteiger partial charge in [0.2, 0.25) is 0 Å². The Labute approximate surface area is 99.3 Å². The van der Waals surface area contributed by atoms with Gasteiger partial charge in [-0.2, -0.15) is 5.26 Å². The molecule has 1 unspecified atom stereocenters. The summed E-state index contributed by atoms with van der Waals surface area (Å²) in [4.78, 5) is 11.2. The minimum Gasteiger partial charge on any atom is -0.341 e. The molecule has 0 spiro atoms. The molecule has 0 saturated heterocycles. The second-order valence-electron chi connectivity index (χ2n) is 3.52. The predicted molar refractivity (Wildman–Crippen MR) is 65.8 cm³/mol. The van der Waals surface area contributed by atoms with E-state index >= 15 is 0 Å². The number of nitrogens with one attached hydrogen (secondary N) is 2. The molecule has 16 heavy (non-hydrogen) atoms. The summed E-state index contributed by atoms with van der Waals surface area (Å²) in [5.41, 5.74) is 1.60. The minimum absolute atomic E-state index is 0.297. The molecule has 2 amide bonds. The third-order valence-electron chi connectivity index (χ3n) is 2.53. The maximum absolute atomic E-state index is 11.2. The number of carbonyl (C=O) groups excluding carboxylic acids is 1. The van der Waals surface area contributed by atoms with Crippen LogP contribution < -0.4 is 10.6 Å². The minimum atomic E-state index is -0.297. The van der Waals surface area contributed by atoms with Crippen molar-refractivity contribution < 1.29 is 4.79 Å². The Morgan fingerprint density at radius 3 is 2.88 bits per heavy atom. The summed E-state index contributed by atoms with van der Waals surface area (Å²) in [7, 11) is 1.55. The smallest absolute Gasteiger partial charge is 0.319 e. The van der Waals surface area contributed by atoms with Crippen LogP contribution in [0, 0.1) is 11.3 Å². The van der Waals surface area contributed by atoms with Gasteiger partial charge in [-0.25, -0.2) is 4.79 Å². The van der Waals surface area contributed by atoms with E-state index in [1.165, 1.54) is 11.3 Å². The maximum atomic E-state index is 11.2. The highest BCUT2D eigenvalue weighted by Crippen LogP contribution is 2.33. The van der Waals surface area contributed by atoms with Crippen molar-refractivity contribution >= 4 is 22.4 Å². The number of urea groups is 1. The molecule has 0 radical (unpaired) electrons. The summed E-state index contributed by atoms with van der Waals surface area (Å²) < 4.78 is 0. The third-order valence-corrected chi connectivity index (χ3v) is 3.44. The zero-order valence-corrected chi connectivity index (χ0v) is 10.4. The molecular formula is C11H15N3OS. The molecule has 2 N–H and O–H groups in total. The normalized spacial score (nSPS) is 11.6. The lowest BCUT2D eigenvalue weighted by atomic mass is 9.98. The van der Waals surface area contributed by atoms with Crippen molar-refractivity contribution in [2.24, 2.45) is 0 Å². The highest BCUT2D eigenvalue weighted by atomic mass is 32.1. The largest absolute Gasteiger partial charge is 0.341 e. The number of carbonyl (C=O) groups is 1. The van der Waals surface area contributed by atoms with Crippen LogP contribution in [0.25, 0.3) is 0 Å². The van der Waals surface area contributed by atoms with Gasteiger partial charge < -0.3 is 5.32 Å². The van der Waals surface area contributed by atoms with E-state index in [1.807, 2.05) is 5.38 Å². The van der Waals surface area contributed by atoms with Gasteiger partial charge in [0.15, 0.2) is 0 Å². The van der Waals surface area contributed by atoms with Crippen LogP contribution in [-0.4, -0.2) is 13.1 Å². The number of hydrogen-bond donors (Lipinski definition) is 2. The fourth-order valence-electron chi connectivity index (χ4n) is 1.33. The lowest BCUT2D eigenvalue weighted by Gasteiger charge is -2.07. The molecule has 86 valence electrons. The van der Waals surface area contributed by atoms with E-state index in [0.29, 0.717) is 16.5 Å². The van der Waals surface area contributed by atoms with Gasteiger partial charge in [-0.3, -0.25) is 5.32 Å². The zero-order valence-electron chi connectivity index (χ0n) is 9.63. The van der Waals surface area contributed by atoms with Gasteiger partial charge in [0.05, 0.1) is 5.56 Å². The number of nitriles is 1. The SMILES string of the molecule is CCC(C)c1csc(NC(=O)NC)c1C#N. The van der Waals surface area contributed by atoms with Crippen molar-refractivity contribution in [3.05, 3.63) is 16.5 Å². The monoisotopic (exact) mass is 237 g/mol. The van der Waals surface area contributed by atoms with Crippen LogP contribution in [0.5, 0.6) is 0 Å². The van der Waals surface area contributed by atoms with Gasteiger partial charge in [0.25, 0.3) is 0 Å². The molecule has 4 nitrogen and oxygen atoms in total. The molecule has 0 aromatic carbocycles. The molecule has 0 aliphatic carbocycles. The van der Waals surface area contributed by atoms with Crippen LogP contribution in [0.15, 0.2) is 5.38 Å². The average Bonchev–Trinajstić information content (AvgIpc) is 2.70. The average molecular weight is 237 g/mol. The van der Waals surface area contributed by atoms with Crippen LogP contribution in [0.4, 0.5) is 9.80 Å². The van der Waals surface area contributed by atoms with E-state index in [9.17, 15) is 4.79 Å². The fourth-order valence-corrected chi connectivity index (χ4v) is 2.35. The Hall–Kier alpha value is -1.54. The van der Waals surface area contributed by atoms with Crippen molar-refractivity contribution in [3.8, 4) is 6.07 Å². The number of thiophene rings is 1. The molecule has 1 heterocycles. The van der Waals surface area contributed by atoms with Gasteiger partial charge in [-0.05, 0) is 23.3 Å². The Morgan fingerprint density at radius 1 is 1.69 bits per heavy atom. The topological polar surface area (TPSA) is 64.9 Å². The van der Waals surface area contributed by atoms with E-state index in [0.717, 1.165) is 12.0 Å². The van der Waals surface area contributed by atoms with Gasteiger partial charge in [0, 0.05) is 7.05 Å². The molecule has 0 bridgehead atoms. The lowest BCUT2D eigenvalue weighted by molar-refractivity contribution is 0.254. The van der Waals surface area contributed by atoms with Crippen LogP contribution >= 0.6 is 11.3 Å².